The quantitative estimate of drug-likeness (QED) is 0.0844. The second-order valence-electron chi connectivity index (χ2n) is 11.6. The fourth-order valence-corrected chi connectivity index (χ4v) is 6.00. The van der Waals surface area contributed by atoms with Crippen LogP contribution in [0.2, 0.25) is 0 Å². The summed E-state index contributed by atoms with van der Waals surface area (Å²) >= 11 is 0. The molecule has 1 saturated carbocycles. The highest BCUT2D eigenvalue weighted by Crippen LogP contribution is 2.37. The molecular formula is C25H51N7O11. The number of ether oxygens (including phenoxy) is 3. The summed E-state index contributed by atoms with van der Waals surface area (Å²) in [6.07, 6.45) is -14.4. The number of amides is 1. The van der Waals surface area contributed by atoms with Crippen molar-refractivity contribution in [1.82, 2.24) is 10.6 Å². The van der Waals surface area contributed by atoms with Gasteiger partial charge in [-0.15, -0.1) is 0 Å². The van der Waals surface area contributed by atoms with Crippen LogP contribution in [-0.4, -0.2) is 166 Å². The van der Waals surface area contributed by atoms with Gasteiger partial charge in [0.2, 0.25) is 5.91 Å². The van der Waals surface area contributed by atoms with Crippen LogP contribution in [0.15, 0.2) is 0 Å². The lowest BCUT2D eigenvalue weighted by Gasteiger charge is -2.52. The molecule has 2 aliphatic heterocycles. The molecule has 0 aromatic rings. The molecule has 252 valence electrons. The van der Waals surface area contributed by atoms with Gasteiger partial charge in [-0.25, -0.2) is 0 Å². The highest BCUT2D eigenvalue weighted by molar-refractivity contribution is 5.80. The minimum absolute atomic E-state index is 0.0294. The average molecular weight is 626 g/mol. The lowest BCUT2D eigenvalue weighted by molar-refractivity contribution is -0.307. The molecule has 3 rings (SSSR count). The Morgan fingerprint density at radius 2 is 1.60 bits per heavy atom. The molecule has 1 amide bonds. The van der Waals surface area contributed by atoms with Crippen LogP contribution < -0.4 is 39.3 Å². The van der Waals surface area contributed by atoms with E-state index in [0.717, 1.165) is 0 Å². The van der Waals surface area contributed by atoms with Crippen LogP contribution in [0.1, 0.15) is 19.3 Å². The Morgan fingerprint density at radius 3 is 2.23 bits per heavy atom. The van der Waals surface area contributed by atoms with Crippen LogP contribution in [0.25, 0.3) is 0 Å². The maximum absolute atomic E-state index is 12.7. The summed E-state index contributed by atoms with van der Waals surface area (Å²) < 4.78 is 17.7. The van der Waals surface area contributed by atoms with Crippen molar-refractivity contribution in [2.75, 3.05) is 32.8 Å². The third-order valence-electron chi connectivity index (χ3n) is 8.57. The molecule has 1 aliphatic carbocycles. The lowest BCUT2D eigenvalue weighted by Crippen LogP contribution is -2.72. The highest BCUT2D eigenvalue weighted by atomic mass is 16.7. The van der Waals surface area contributed by atoms with Gasteiger partial charge in [-0.05, 0) is 38.9 Å². The molecule has 3 fully saturated rings. The normalized spacial score (nSPS) is 44.6. The zero-order valence-electron chi connectivity index (χ0n) is 24.0. The summed E-state index contributed by atoms with van der Waals surface area (Å²) in [7, 11) is 0. The smallest absolute Gasteiger partial charge is 0.249 e. The predicted molar refractivity (Wildman–Crippen MR) is 149 cm³/mol. The molecule has 16 atom stereocenters. The highest BCUT2D eigenvalue weighted by Gasteiger charge is 2.55. The largest absolute Gasteiger partial charge is 0.394 e. The van der Waals surface area contributed by atoms with Gasteiger partial charge in [-0.1, -0.05) is 0 Å². The van der Waals surface area contributed by atoms with Crippen LogP contribution in [0.4, 0.5) is 0 Å². The number of carbonyl (C=O) groups excluding carboxylic acids is 1. The summed E-state index contributed by atoms with van der Waals surface area (Å²) in [4.78, 5) is 12.7. The van der Waals surface area contributed by atoms with E-state index in [9.17, 15) is 40.5 Å². The summed E-state index contributed by atoms with van der Waals surface area (Å²) in [6, 6.07) is -4.41. The van der Waals surface area contributed by atoms with Gasteiger partial charge in [0.25, 0.3) is 0 Å². The molecule has 2 saturated heterocycles. The number of carbonyl (C=O) groups is 1. The molecule has 0 aromatic carbocycles. The Hall–Kier alpha value is -1.17. The molecule has 0 radical (unpaired) electrons. The van der Waals surface area contributed by atoms with E-state index < -0.39 is 110 Å². The number of nitrogens with one attached hydrogen (secondary N) is 2. The van der Waals surface area contributed by atoms with Gasteiger partial charge in [-0.3, -0.25) is 4.79 Å². The van der Waals surface area contributed by atoms with E-state index in [1.165, 1.54) is 0 Å². The second kappa shape index (κ2) is 16.4. The van der Waals surface area contributed by atoms with E-state index in [0.29, 0.717) is 19.5 Å². The van der Waals surface area contributed by atoms with Crippen molar-refractivity contribution >= 4 is 5.91 Å². The molecule has 0 aromatic heterocycles. The zero-order valence-corrected chi connectivity index (χ0v) is 24.0. The Kier molecular flexibility index (Phi) is 13.9. The van der Waals surface area contributed by atoms with E-state index in [1.807, 2.05) is 0 Å². The predicted octanol–water partition coefficient (Wildman–Crippen LogP) is -8.20. The topological polar surface area (TPSA) is 341 Å². The van der Waals surface area contributed by atoms with Crippen LogP contribution in [0.3, 0.4) is 0 Å². The summed E-state index contributed by atoms with van der Waals surface area (Å²) in [6.45, 7) is 0.498. The molecule has 16 unspecified atom stereocenters. The van der Waals surface area contributed by atoms with Crippen molar-refractivity contribution in [3.05, 3.63) is 0 Å². The zero-order chi connectivity index (χ0) is 32.0. The van der Waals surface area contributed by atoms with Crippen molar-refractivity contribution in [3.8, 4) is 0 Å². The number of hydrogen-bond acceptors (Lipinski definition) is 17. The summed E-state index contributed by atoms with van der Waals surface area (Å²) in [5, 5.41) is 79.6. The van der Waals surface area contributed by atoms with Crippen molar-refractivity contribution in [3.63, 3.8) is 0 Å². The van der Waals surface area contributed by atoms with E-state index in [2.05, 4.69) is 10.6 Å². The van der Waals surface area contributed by atoms with Crippen molar-refractivity contribution in [2.24, 2.45) is 34.6 Å². The molecule has 3 aliphatic rings. The first kappa shape index (κ1) is 36.3. The van der Waals surface area contributed by atoms with E-state index in [-0.39, 0.29) is 25.9 Å². The molecular weight excluding hydrogens is 574 g/mol. The molecule has 18 heteroatoms. The van der Waals surface area contributed by atoms with Crippen LogP contribution >= 0.6 is 0 Å². The van der Waals surface area contributed by atoms with E-state index in [4.69, 9.17) is 42.9 Å². The van der Waals surface area contributed by atoms with E-state index in [1.54, 1.807) is 0 Å². The SMILES string of the molecule is NCCCNCC1OC(C2C(N)CC(NC(=O)C(O)CCN)C(OC3OC(CO)C(O)C(N)C3O)C2O)C(N)C(O)C1O. The third kappa shape index (κ3) is 8.36. The van der Waals surface area contributed by atoms with Crippen LogP contribution in [0.5, 0.6) is 0 Å². The number of hydrogen-bond donors (Lipinski definition) is 14. The summed E-state index contributed by atoms with van der Waals surface area (Å²) in [5.74, 6) is -1.83. The third-order valence-corrected chi connectivity index (χ3v) is 8.57. The van der Waals surface area contributed by atoms with Gasteiger partial charge in [0.1, 0.15) is 42.7 Å². The average Bonchev–Trinajstić information content (AvgIpc) is 2.97. The molecule has 2 heterocycles. The van der Waals surface area contributed by atoms with Crippen LogP contribution in [-0.2, 0) is 19.0 Å². The van der Waals surface area contributed by atoms with Crippen LogP contribution in [0, 0.1) is 5.92 Å². The Morgan fingerprint density at radius 1 is 0.907 bits per heavy atom. The van der Waals surface area contributed by atoms with Crippen molar-refractivity contribution in [1.29, 1.82) is 0 Å². The molecule has 0 bridgehead atoms. The standard InChI is InChI=1S/C25H51N7O11/c26-3-1-5-31-7-12-18(36)20(38)16(30)23(41-12)14-9(28)6-10(32-24(40)11(34)2-4-27)22(19(14)37)43-25-21(39)15(29)17(35)13(8-33)42-25/h9-23,25,31,33-39H,1-8,26-30H2,(H,32,40). The number of aliphatic hydroxyl groups is 7. The maximum atomic E-state index is 12.7. The minimum Gasteiger partial charge on any atom is -0.394 e. The first-order valence-corrected chi connectivity index (χ1v) is 14.7. The molecule has 19 N–H and O–H groups in total. The Bertz CT molecular complexity index is 866. The fraction of sp³-hybridized carbons (Fsp3) is 0.960. The molecule has 43 heavy (non-hydrogen) atoms. The monoisotopic (exact) mass is 625 g/mol. The Balaban J connectivity index is 1.88. The first-order valence-electron chi connectivity index (χ1n) is 14.7. The molecule has 18 nitrogen and oxygen atoms in total. The van der Waals surface area contributed by atoms with Gasteiger partial charge >= 0.3 is 0 Å². The van der Waals surface area contributed by atoms with Crippen molar-refractivity contribution in [2.45, 2.75) is 111 Å². The maximum Gasteiger partial charge on any atom is 0.249 e. The minimum atomic E-state index is -1.60. The fourth-order valence-electron chi connectivity index (χ4n) is 6.00. The van der Waals surface area contributed by atoms with Gasteiger partial charge in [-0.2, -0.15) is 0 Å². The number of rotatable bonds is 13. The Labute approximate surface area is 249 Å². The van der Waals surface area contributed by atoms with Gasteiger partial charge in [0.05, 0.1) is 43.0 Å². The number of aliphatic hydroxyl groups excluding tert-OH is 7. The van der Waals surface area contributed by atoms with Gasteiger partial charge in [0, 0.05) is 18.5 Å². The first-order chi connectivity index (χ1) is 20.4. The molecule has 0 spiro atoms. The van der Waals surface area contributed by atoms with Crippen molar-refractivity contribution < 1.29 is 54.8 Å². The number of nitrogens with two attached hydrogens (primary N) is 5. The summed E-state index contributed by atoms with van der Waals surface area (Å²) in [5.41, 5.74) is 29.7. The second-order valence-corrected chi connectivity index (χ2v) is 11.6. The van der Waals surface area contributed by atoms with E-state index >= 15 is 0 Å². The lowest BCUT2D eigenvalue weighted by atomic mass is 9.71. The van der Waals surface area contributed by atoms with Gasteiger partial charge in [0.15, 0.2) is 6.29 Å². The van der Waals surface area contributed by atoms with Gasteiger partial charge < -0.3 is 89.3 Å².